The van der Waals surface area contributed by atoms with Gasteiger partial charge in [-0.05, 0) is 32.8 Å². The van der Waals surface area contributed by atoms with Gasteiger partial charge >= 0.3 is 0 Å². The van der Waals surface area contributed by atoms with Crippen molar-refractivity contribution in [3.05, 3.63) is 23.3 Å². The Morgan fingerprint density at radius 2 is 1.88 bits per heavy atom. The highest BCUT2D eigenvalue weighted by atomic mass is 35.5. The summed E-state index contributed by atoms with van der Waals surface area (Å²) >= 11 is 5.85. The van der Waals surface area contributed by atoms with Crippen LogP contribution in [0.4, 0.5) is 0 Å². The molecule has 0 aliphatic rings. The third kappa shape index (κ3) is 3.17. The molecule has 3 nitrogen and oxygen atoms in total. The fourth-order valence-electron chi connectivity index (χ4n) is 2.02. The lowest BCUT2D eigenvalue weighted by molar-refractivity contribution is -0.0573. The van der Waals surface area contributed by atoms with Gasteiger partial charge in [-0.2, -0.15) is 0 Å². The molecule has 0 unspecified atom stereocenters. The fraction of sp³-hybridized carbons (Fsp3) is 0.692. The number of halogens is 1. The molecule has 0 aliphatic carbocycles. The molecule has 4 heteroatoms. The summed E-state index contributed by atoms with van der Waals surface area (Å²) in [4.78, 5) is 9.04. The molecule has 1 rings (SSSR count). The minimum Gasteiger partial charge on any atom is -0.367 e. The zero-order valence-electron chi connectivity index (χ0n) is 11.1. The lowest BCUT2D eigenvalue weighted by Crippen LogP contribution is -2.31. The van der Waals surface area contributed by atoms with Crippen LogP contribution in [-0.4, -0.2) is 16.6 Å². The third-order valence-electron chi connectivity index (χ3n) is 3.01. The van der Waals surface area contributed by atoms with Crippen LogP contribution < -0.4 is 0 Å². The lowest BCUT2D eigenvalue weighted by Gasteiger charge is -2.30. The van der Waals surface area contributed by atoms with Crippen molar-refractivity contribution in [2.24, 2.45) is 0 Å². The van der Waals surface area contributed by atoms with Crippen LogP contribution >= 0.6 is 11.6 Å². The second kappa shape index (κ2) is 6.31. The van der Waals surface area contributed by atoms with Gasteiger partial charge in [-0.25, -0.2) is 9.97 Å². The van der Waals surface area contributed by atoms with Crippen LogP contribution in [0.1, 0.15) is 50.8 Å². The van der Waals surface area contributed by atoms with E-state index in [4.69, 9.17) is 16.3 Å². The molecule has 0 aromatic carbocycles. The zero-order chi connectivity index (χ0) is 12.9. The van der Waals surface area contributed by atoms with E-state index in [-0.39, 0.29) is 5.60 Å². The predicted octanol–water partition coefficient (Wildman–Crippen LogP) is 3.58. The minimum atomic E-state index is -0.373. The van der Waals surface area contributed by atoms with Crippen LogP contribution in [0.5, 0.6) is 0 Å². The van der Waals surface area contributed by atoms with Crippen LogP contribution in [0.2, 0.25) is 0 Å². The molecule has 0 saturated carbocycles. The van der Waals surface area contributed by atoms with Crippen LogP contribution in [0.3, 0.4) is 0 Å². The van der Waals surface area contributed by atoms with Gasteiger partial charge in [0.1, 0.15) is 5.60 Å². The van der Waals surface area contributed by atoms with Crippen molar-refractivity contribution in [1.29, 1.82) is 0 Å². The molecule has 0 saturated heterocycles. The number of alkyl halides is 1. The second-order valence-corrected chi connectivity index (χ2v) is 4.36. The highest BCUT2D eigenvalue weighted by Crippen LogP contribution is 2.30. The summed E-state index contributed by atoms with van der Waals surface area (Å²) in [5, 5.41) is 0. The molecule has 0 bridgehead atoms. The number of nitrogens with zero attached hydrogens (tertiary/aromatic N) is 2. The van der Waals surface area contributed by atoms with Gasteiger partial charge < -0.3 is 4.74 Å². The zero-order valence-corrected chi connectivity index (χ0v) is 11.8. The Hall–Kier alpha value is -0.670. The summed E-state index contributed by atoms with van der Waals surface area (Å²) < 4.78 is 5.90. The van der Waals surface area contributed by atoms with Crippen molar-refractivity contribution >= 4 is 11.6 Å². The van der Waals surface area contributed by atoms with Crippen molar-refractivity contribution in [1.82, 2.24) is 9.97 Å². The fourth-order valence-corrected chi connectivity index (χ4v) is 2.15. The van der Waals surface area contributed by atoms with Crippen molar-refractivity contribution in [3.8, 4) is 0 Å². The van der Waals surface area contributed by atoms with E-state index in [0.29, 0.717) is 12.5 Å². The normalized spacial score (nSPS) is 11.8. The number of aromatic nitrogens is 2. The average molecular weight is 257 g/mol. The molecule has 0 spiro atoms. The molecule has 96 valence electrons. The standard InChI is InChI=1S/C13H21ClN2O/c1-5-13(6-2,17-7-3)12-15-10(4)8-11(9-14)16-12/h8H,5-7,9H2,1-4H3. The molecule has 17 heavy (non-hydrogen) atoms. The van der Waals surface area contributed by atoms with Crippen LogP contribution in [0.15, 0.2) is 6.07 Å². The molecule has 0 N–H and O–H groups in total. The molecule has 0 atom stereocenters. The molecular weight excluding hydrogens is 236 g/mol. The summed E-state index contributed by atoms with van der Waals surface area (Å²) in [5.74, 6) is 1.17. The summed E-state index contributed by atoms with van der Waals surface area (Å²) in [6.07, 6.45) is 1.73. The average Bonchev–Trinajstić information content (AvgIpc) is 2.35. The molecule has 1 heterocycles. The van der Waals surface area contributed by atoms with Crippen molar-refractivity contribution in [3.63, 3.8) is 0 Å². The van der Waals surface area contributed by atoms with Crippen molar-refractivity contribution < 1.29 is 4.74 Å². The van der Waals surface area contributed by atoms with Gasteiger partial charge in [0.2, 0.25) is 0 Å². The molecule has 1 aromatic rings. The Balaban J connectivity index is 3.21. The SMILES string of the molecule is CCOC(CC)(CC)c1nc(C)cc(CCl)n1. The molecule has 0 aliphatic heterocycles. The number of ether oxygens (including phenoxy) is 1. The quantitative estimate of drug-likeness (QED) is 0.730. The Bertz CT molecular complexity index is 364. The number of hydrogen-bond donors (Lipinski definition) is 0. The first-order valence-corrected chi connectivity index (χ1v) is 6.70. The van der Waals surface area contributed by atoms with E-state index in [1.54, 1.807) is 0 Å². The second-order valence-electron chi connectivity index (χ2n) is 4.09. The summed E-state index contributed by atoms with van der Waals surface area (Å²) in [6, 6.07) is 1.92. The lowest BCUT2D eigenvalue weighted by atomic mass is 9.95. The summed E-state index contributed by atoms with van der Waals surface area (Å²) in [5.41, 5.74) is 1.43. The number of hydrogen-bond acceptors (Lipinski definition) is 3. The van der Waals surface area contributed by atoms with E-state index in [0.717, 1.165) is 30.1 Å². The molecular formula is C13H21ClN2O. The Kier molecular flexibility index (Phi) is 5.34. The Morgan fingerprint density at radius 3 is 2.35 bits per heavy atom. The number of rotatable bonds is 6. The highest BCUT2D eigenvalue weighted by Gasteiger charge is 2.32. The van der Waals surface area contributed by atoms with Crippen LogP contribution in [0, 0.1) is 6.92 Å². The Labute approximate surface area is 109 Å². The van der Waals surface area contributed by atoms with Crippen molar-refractivity contribution in [2.75, 3.05) is 6.61 Å². The first kappa shape index (κ1) is 14.4. The van der Waals surface area contributed by atoms with Gasteiger partial charge in [-0.15, -0.1) is 11.6 Å². The first-order chi connectivity index (χ1) is 8.11. The maximum atomic E-state index is 5.90. The van der Waals surface area contributed by atoms with E-state index in [2.05, 4.69) is 23.8 Å². The van der Waals surface area contributed by atoms with E-state index < -0.39 is 0 Å². The van der Waals surface area contributed by atoms with Gasteiger partial charge in [0, 0.05) is 12.3 Å². The minimum absolute atomic E-state index is 0.373. The van der Waals surface area contributed by atoms with E-state index in [9.17, 15) is 0 Å². The first-order valence-electron chi connectivity index (χ1n) is 6.16. The maximum absolute atomic E-state index is 5.90. The molecule has 0 amide bonds. The maximum Gasteiger partial charge on any atom is 0.160 e. The van der Waals surface area contributed by atoms with Gasteiger partial charge in [0.15, 0.2) is 5.82 Å². The number of aryl methyl sites for hydroxylation is 1. The topological polar surface area (TPSA) is 35.0 Å². The van der Waals surface area contributed by atoms with Gasteiger partial charge in [0.25, 0.3) is 0 Å². The smallest absolute Gasteiger partial charge is 0.160 e. The third-order valence-corrected chi connectivity index (χ3v) is 3.29. The highest BCUT2D eigenvalue weighted by molar-refractivity contribution is 6.16. The largest absolute Gasteiger partial charge is 0.367 e. The van der Waals surface area contributed by atoms with Crippen molar-refractivity contribution in [2.45, 2.75) is 52.0 Å². The molecule has 0 fully saturated rings. The monoisotopic (exact) mass is 256 g/mol. The molecule has 1 aromatic heterocycles. The van der Waals surface area contributed by atoms with E-state index in [1.807, 2.05) is 19.9 Å². The van der Waals surface area contributed by atoms with E-state index >= 15 is 0 Å². The summed E-state index contributed by atoms with van der Waals surface area (Å²) in [6.45, 7) is 8.83. The van der Waals surface area contributed by atoms with Gasteiger partial charge in [-0.3, -0.25) is 0 Å². The van der Waals surface area contributed by atoms with E-state index in [1.165, 1.54) is 0 Å². The van der Waals surface area contributed by atoms with Crippen LogP contribution in [0.25, 0.3) is 0 Å². The molecule has 0 radical (unpaired) electrons. The summed E-state index contributed by atoms with van der Waals surface area (Å²) in [7, 11) is 0. The van der Waals surface area contributed by atoms with Gasteiger partial charge in [0.05, 0.1) is 11.6 Å². The van der Waals surface area contributed by atoms with Gasteiger partial charge in [-0.1, -0.05) is 13.8 Å². The Morgan fingerprint density at radius 1 is 1.24 bits per heavy atom. The van der Waals surface area contributed by atoms with Crippen LogP contribution in [-0.2, 0) is 16.2 Å². The predicted molar refractivity (Wildman–Crippen MR) is 70.2 cm³/mol.